The highest BCUT2D eigenvalue weighted by Crippen LogP contribution is 2.32. The van der Waals surface area contributed by atoms with E-state index in [2.05, 4.69) is 34.9 Å². The molecule has 2 heterocycles. The van der Waals surface area contributed by atoms with E-state index < -0.39 is 0 Å². The molecule has 0 fully saturated rings. The Morgan fingerprint density at radius 2 is 0.891 bits per heavy atom. The summed E-state index contributed by atoms with van der Waals surface area (Å²) in [5.74, 6) is -0.222. The minimum atomic E-state index is -0.111. The number of hydrogen-bond donors (Lipinski definition) is 2. The van der Waals surface area contributed by atoms with E-state index in [0.717, 1.165) is 77.1 Å². The summed E-state index contributed by atoms with van der Waals surface area (Å²) in [4.78, 5) is 25.9. The SMILES string of the molecule is O=C(Cc1coc2ccc3ccccc3c12)Nc1ccc(-c2ccc(NC(=O)Cc3coc4ccc5ccccc5c34)cc2)cc1. The Hall–Kier alpha value is -6.14. The fraction of sp³-hybridized carbons (Fsp3) is 0.0500. The third kappa shape index (κ3) is 5.16. The zero-order valence-electron chi connectivity index (χ0n) is 24.7. The molecule has 0 atom stereocenters. The molecule has 222 valence electrons. The van der Waals surface area contributed by atoms with Crippen LogP contribution in [0.4, 0.5) is 11.4 Å². The monoisotopic (exact) mass is 600 g/mol. The lowest BCUT2D eigenvalue weighted by Gasteiger charge is -2.09. The lowest BCUT2D eigenvalue weighted by Crippen LogP contribution is -2.14. The molecule has 0 bridgehead atoms. The number of benzene rings is 6. The molecule has 6 heteroatoms. The molecule has 46 heavy (non-hydrogen) atoms. The molecule has 8 rings (SSSR count). The molecule has 6 nitrogen and oxygen atoms in total. The van der Waals surface area contributed by atoms with Gasteiger partial charge in [0.15, 0.2) is 0 Å². The summed E-state index contributed by atoms with van der Waals surface area (Å²) < 4.78 is 11.5. The number of furan rings is 2. The maximum atomic E-state index is 13.0. The number of fused-ring (bicyclic) bond motifs is 6. The Morgan fingerprint density at radius 1 is 0.478 bits per heavy atom. The van der Waals surface area contributed by atoms with Gasteiger partial charge in [-0.3, -0.25) is 9.59 Å². The zero-order chi connectivity index (χ0) is 31.0. The Balaban J connectivity index is 0.912. The van der Waals surface area contributed by atoms with Gasteiger partial charge in [0.05, 0.1) is 25.4 Å². The average molecular weight is 601 g/mol. The first-order valence-electron chi connectivity index (χ1n) is 15.1. The van der Waals surface area contributed by atoms with Crippen molar-refractivity contribution in [1.82, 2.24) is 0 Å². The van der Waals surface area contributed by atoms with Gasteiger partial charge in [0.1, 0.15) is 11.2 Å². The molecule has 2 amide bonds. The molecule has 2 N–H and O–H groups in total. The third-order valence-electron chi connectivity index (χ3n) is 8.45. The summed E-state index contributed by atoms with van der Waals surface area (Å²) in [6, 6.07) is 39.6. The van der Waals surface area contributed by atoms with Crippen LogP contribution in [0.15, 0.2) is 143 Å². The van der Waals surface area contributed by atoms with Crippen LogP contribution >= 0.6 is 0 Å². The molecule has 8 aromatic rings. The van der Waals surface area contributed by atoms with Crippen molar-refractivity contribution in [3.05, 3.63) is 145 Å². The van der Waals surface area contributed by atoms with Crippen molar-refractivity contribution in [2.45, 2.75) is 12.8 Å². The van der Waals surface area contributed by atoms with E-state index in [1.807, 2.05) is 97.1 Å². The van der Waals surface area contributed by atoms with E-state index in [-0.39, 0.29) is 24.7 Å². The van der Waals surface area contributed by atoms with Gasteiger partial charge in [-0.1, -0.05) is 84.9 Å². The van der Waals surface area contributed by atoms with E-state index in [9.17, 15) is 9.59 Å². The summed E-state index contributed by atoms with van der Waals surface area (Å²) in [5, 5.41) is 12.3. The highest BCUT2D eigenvalue weighted by atomic mass is 16.3. The number of amides is 2. The molecule has 6 aromatic carbocycles. The first-order chi connectivity index (χ1) is 22.6. The third-order valence-corrected chi connectivity index (χ3v) is 8.45. The van der Waals surface area contributed by atoms with Crippen LogP contribution in [-0.2, 0) is 22.4 Å². The maximum absolute atomic E-state index is 13.0. The smallest absolute Gasteiger partial charge is 0.228 e. The minimum absolute atomic E-state index is 0.111. The number of anilines is 2. The van der Waals surface area contributed by atoms with Gasteiger partial charge in [0, 0.05) is 33.3 Å². The van der Waals surface area contributed by atoms with E-state index in [1.165, 1.54) is 0 Å². The topological polar surface area (TPSA) is 84.5 Å². The van der Waals surface area contributed by atoms with Crippen LogP contribution in [0, 0.1) is 0 Å². The summed E-state index contributed by atoms with van der Waals surface area (Å²) in [5.41, 5.74) is 6.71. The normalized spacial score (nSPS) is 11.4. The van der Waals surface area contributed by atoms with Crippen LogP contribution in [-0.4, -0.2) is 11.8 Å². The van der Waals surface area contributed by atoms with Crippen molar-refractivity contribution in [2.24, 2.45) is 0 Å². The Bertz CT molecular complexity index is 2230. The first-order valence-corrected chi connectivity index (χ1v) is 15.1. The summed E-state index contributed by atoms with van der Waals surface area (Å²) in [6.45, 7) is 0. The van der Waals surface area contributed by atoms with Crippen molar-refractivity contribution < 1.29 is 18.4 Å². The van der Waals surface area contributed by atoms with Crippen LogP contribution in [0.2, 0.25) is 0 Å². The summed E-state index contributed by atoms with van der Waals surface area (Å²) in [6.07, 6.45) is 3.77. The fourth-order valence-electron chi connectivity index (χ4n) is 6.26. The van der Waals surface area contributed by atoms with Gasteiger partial charge in [0.25, 0.3) is 0 Å². The second-order valence-electron chi connectivity index (χ2n) is 11.4. The maximum Gasteiger partial charge on any atom is 0.228 e. The summed E-state index contributed by atoms with van der Waals surface area (Å²) >= 11 is 0. The Kier molecular flexibility index (Phi) is 6.80. The average Bonchev–Trinajstić information content (AvgIpc) is 3.69. The standard InChI is InChI=1S/C40H28N2O4/c43-37(21-29-23-45-35-19-13-27-5-1-3-7-33(27)39(29)35)41-31-15-9-25(10-16-31)26-11-17-32(18-12-26)42-38(44)22-30-24-46-36-20-14-28-6-2-4-8-34(28)40(30)36/h1-20,23-24H,21-22H2,(H,41,43)(H,42,44). The second-order valence-corrected chi connectivity index (χ2v) is 11.4. The highest BCUT2D eigenvalue weighted by Gasteiger charge is 2.15. The number of carbonyl (C=O) groups is 2. The highest BCUT2D eigenvalue weighted by molar-refractivity contribution is 6.10. The van der Waals surface area contributed by atoms with E-state index in [1.54, 1.807) is 12.5 Å². The number of hydrogen-bond acceptors (Lipinski definition) is 4. The molecule has 0 unspecified atom stereocenters. The lowest BCUT2D eigenvalue weighted by molar-refractivity contribution is -0.116. The molecular weight excluding hydrogens is 572 g/mol. The first kappa shape index (κ1) is 27.4. The molecule has 0 aliphatic carbocycles. The van der Waals surface area contributed by atoms with E-state index in [0.29, 0.717) is 0 Å². The van der Waals surface area contributed by atoms with Crippen LogP contribution in [0.3, 0.4) is 0 Å². The van der Waals surface area contributed by atoms with Crippen molar-refractivity contribution >= 4 is 66.7 Å². The number of carbonyl (C=O) groups excluding carboxylic acids is 2. The largest absolute Gasteiger partial charge is 0.464 e. The second kappa shape index (κ2) is 11.4. The Morgan fingerprint density at radius 3 is 1.33 bits per heavy atom. The zero-order valence-corrected chi connectivity index (χ0v) is 24.7. The van der Waals surface area contributed by atoms with Crippen molar-refractivity contribution in [3.63, 3.8) is 0 Å². The van der Waals surface area contributed by atoms with Gasteiger partial charge in [-0.15, -0.1) is 0 Å². The molecule has 0 saturated carbocycles. The minimum Gasteiger partial charge on any atom is -0.464 e. The predicted molar refractivity (Wildman–Crippen MR) is 184 cm³/mol. The van der Waals surface area contributed by atoms with Gasteiger partial charge < -0.3 is 19.5 Å². The molecule has 0 saturated heterocycles. The fourth-order valence-corrected chi connectivity index (χ4v) is 6.26. The molecule has 0 spiro atoms. The lowest BCUT2D eigenvalue weighted by atomic mass is 10.0. The number of nitrogens with one attached hydrogen (secondary N) is 2. The van der Waals surface area contributed by atoms with E-state index in [4.69, 9.17) is 8.83 Å². The van der Waals surface area contributed by atoms with E-state index >= 15 is 0 Å². The Labute approximate surface area is 264 Å². The molecule has 0 aliphatic heterocycles. The van der Waals surface area contributed by atoms with Crippen LogP contribution in [0.1, 0.15) is 11.1 Å². The molecular formula is C40H28N2O4. The van der Waals surface area contributed by atoms with Crippen molar-refractivity contribution in [3.8, 4) is 11.1 Å². The molecule has 0 radical (unpaired) electrons. The summed E-state index contributed by atoms with van der Waals surface area (Å²) in [7, 11) is 0. The quantitative estimate of drug-likeness (QED) is 0.191. The van der Waals surface area contributed by atoms with Crippen molar-refractivity contribution in [1.29, 1.82) is 0 Å². The molecule has 2 aromatic heterocycles. The van der Waals surface area contributed by atoms with Gasteiger partial charge in [0.2, 0.25) is 11.8 Å². The van der Waals surface area contributed by atoms with Crippen LogP contribution in [0.5, 0.6) is 0 Å². The van der Waals surface area contributed by atoms with Gasteiger partial charge in [-0.2, -0.15) is 0 Å². The predicted octanol–water partition coefficient (Wildman–Crippen LogP) is 9.51. The van der Waals surface area contributed by atoms with Crippen molar-refractivity contribution in [2.75, 3.05) is 10.6 Å². The number of rotatable bonds is 7. The van der Waals surface area contributed by atoms with Gasteiger partial charge in [-0.05, 0) is 69.1 Å². The van der Waals surface area contributed by atoms with Crippen LogP contribution < -0.4 is 10.6 Å². The van der Waals surface area contributed by atoms with Gasteiger partial charge in [-0.25, -0.2) is 0 Å². The van der Waals surface area contributed by atoms with Gasteiger partial charge >= 0.3 is 0 Å². The molecule has 0 aliphatic rings. The van der Waals surface area contributed by atoms with Crippen LogP contribution in [0.25, 0.3) is 54.6 Å².